The molecule has 1 aliphatic rings. The van der Waals surface area contributed by atoms with Gasteiger partial charge in [-0.2, -0.15) is 0 Å². The summed E-state index contributed by atoms with van der Waals surface area (Å²) >= 11 is 9.06. The average molecular weight is 280 g/mol. The Kier molecular flexibility index (Phi) is 2.98. The third-order valence-corrected chi connectivity index (χ3v) is 3.07. The third kappa shape index (κ3) is 2.20. The van der Waals surface area contributed by atoms with E-state index in [4.69, 9.17) is 16.3 Å². The largest absolute Gasteiger partial charge is 0.487 e. The minimum Gasteiger partial charge on any atom is -0.487 e. The summed E-state index contributed by atoms with van der Waals surface area (Å²) in [6.45, 7) is 0. The SMILES string of the molecule is Fc1ccc(Br)cc1OC1CC(Cl)C1. The van der Waals surface area contributed by atoms with Gasteiger partial charge in [-0.3, -0.25) is 0 Å². The van der Waals surface area contributed by atoms with Crippen molar-refractivity contribution in [3.63, 3.8) is 0 Å². The summed E-state index contributed by atoms with van der Waals surface area (Å²) in [4.78, 5) is 0. The molecule has 0 radical (unpaired) electrons. The molecule has 2 rings (SSSR count). The molecule has 1 aliphatic carbocycles. The summed E-state index contributed by atoms with van der Waals surface area (Å²) in [6, 6.07) is 4.67. The van der Waals surface area contributed by atoms with Crippen LogP contribution in [0.25, 0.3) is 0 Å². The fourth-order valence-electron chi connectivity index (χ4n) is 1.34. The fraction of sp³-hybridized carbons (Fsp3) is 0.400. The first-order chi connectivity index (χ1) is 6.65. The second-order valence-corrected chi connectivity index (χ2v) is 4.92. The van der Waals surface area contributed by atoms with E-state index in [1.54, 1.807) is 12.1 Å². The van der Waals surface area contributed by atoms with E-state index in [2.05, 4.69) is 15.9 Å². The van der Waals surface area contributed by atoms with Crippen LogP contribution in [0.4, 0.5) is 4.39 Å². The zero-order valence-electron chi connectivity index (χ0n) is 7.34. The second kappa shape index (κ2) is 4.07. The molecule has 4 heteroatoms. The van der Waals surface area contributed by atoms with Gasteiger partial charge in [0.25, 0.3) is 0 Å². The monoisotopic (exact) mass is 278 g/mol. The molecule has 0 spiro atoms. The van der Waals surface area contributed by atoms with Crippen molar-refractivity contribution in [2.75, 3.05) is 0 Å². The van der Waals surface area contributed by atoms with Gasteiger partial charge in [0.15, 0.2) is 11.6 Å². The van der Waals surface area contributed by atoms with Crippen molar-refractivity contribution >= 4 is 27.5 Å². The van der Waals surface area contributed by atoms with E-state index < -0.39 is 0 Å². The van der Waals surface area contributed by atoms with Crippen molar-refractivity contribution in [3.8, 4) is 5.75 Å². The molecule has 1 aromatic rings. The molecule has 1 saturated carbocycles. The Bertz CT molecular complexity index is 339. The Morgan fingerprint density at radius 1 is 1.43 bits per heavy atom. The molecule has 0 atom stereocenters. The van der Waals surface area contributed by atoms with Crippen LogP contribution < -0.4 is 4.74 Å². The fourth-order valence-corrected chi connectivity index (χ4v) is 2.08. The number of hydrogen-bond donors (Lipinski definition) is 0. The van der Waals surface area contributed by atoms with E-state index in [1.165, 1.54) is 6.07 Å². The first-order valence-electron chi connectivity index (χ1n) is 4.41. The van der Waals surface area contributed by atoms with Gasteiger partial charge in [-0.05, 0) is 18.2 Å². The van der Waals surface area contributed by atoms with Gasteiger partial charge < -0.3 is 4.74 Å². The Morgan fingerprint density at radius 3 is 2.79 bits per heavy atom. The summed E-state index contributed by atoms with van der Waals surface area (Å²) in [5.74, 6) is -0.0286. The van der Waals surface area contributed by atoms with Crippen molar-refractivity contribution in [1.29, 1.82) is 0 Å². The normalized spacial score (nSPS) is 25.6. The lowest BCUT2D eigenvalue weighted by molar-refractivity contribution is 0.118. The Labute approximate surface area is 95.3 Å². The number of alkyl halides is 1. The maximum Gasteiger partial charge on any atom is 0.165 e. The van der Waals surface area contributed by atoms with Crippen LogP contribution in [0, 0.1) is 5.82 Å². The first-order valence-corrected chi connectivity index (χ1v) is 5.64. The summed E-state index contributed by atoms with van der Waals surface area (Å²) in [6.07, 6.45) is 1.67. The van der Waals surface area contributed by atoms with E-state index in [-0.39, 0.29) is 17.3 Å². The summed E-state index contributed by atoms with van der Waals surface area (Å²) in [5, 5.41) is 0.190. The Hall–Kier alpha value is -0.280. The van der Waals surface area contributed by atoms with Crippen molar-refractivity contribution in [3.05, 3.63) is 28.5 Å². The van der Waals surface area contributed by atoms with E-state index in [1.807, 2.05) is 0 Å². The highest BCUT2D eigenvalue weighted by molar-refractivity contribution is 9.10. The lowest BCUT2D eigenvalue weighted by Gasteiger charge is -2.31. The zero-order valence-corrected chi connectivity index (χ0v) is 9.69. The number of ether oxygens (including phenoxy) is 1. The predicted octanol–water partition coefficient (Wildman–Crippen LogP) is 3.74. The summed E-state index contributed by atoms with van der Waals surface area (Å²) < 4.78 is 19.5. The van der Waals surface area contributed by atoms with Crippen molar-refractivity contribution < 1.29 is 9.13 Å². The van der Waals surface area contributed by atoms with Gasteiger partial charge in [0, 0.05) is 22.7 Å². The first kappa shape index (κ1) is 10.2. The van der Waals surface area contributed by atoms with Crippen LogP contribution in [0.3, 0.4) is 0 Å². The predicted molar refractivity (Wildman–Crippen MR) is 57.4 cm³/mol. The lowest BCUT2D eigenvalue weighted by Crippen LogP contribution is -2.34. The van der Waals surface area contributed by atoms with Crippen molar-refractivity contribution in [2.45, 2.75) is 24.3 Å². The van der Waals surface area contributed by atoms with Crippen LogP contribution in [0.5, 0.6) is 5.75 Å². The van der Waals surface area contributed by atoms with Crippen molar-refractivity contribution in [2.24, 2.45) is 0 Å². The quantitative estimate of drug-likeness (QED) is 0.750. The van der Waals surface area contributed by atoms with Gasteiger partial charge in [0.1, 0.15) is 6.10 Å². The van der Waals surface area contributed by atoms with E-state index in [9.17, 15) is 4.39 Å². The van der Waals surface area contributed by atoms with Crippen LogP contribution >= 0.6 is 27.5 Å². The number of hydrogen-bond acceptors (Lipinski definition) is 1. The van der Waals surface area contributed by atoms with Crippen LogP contribution in [0.2, 0.25) is 0 Å². The molecule has 0 heterocycles. The topological polar surface area (TPSA) is 9.23 Å². The molecule has 76 valence electrons. The maximum absolute atomic E-state index is 13.2. The van der Waals surface area contributed by atoms with Gasteiger partial charge in [-0.15, -0.1) is 11.6 Å². The molecule has 0 aromatic heterocycles. The van der Waals surface area contributed by atoms with Crippen LogP contribution in [-0.4, -0.2) is 11.5 Å². The number of halogens is 3. The van der Waals surface area contributed by atoms with E-state index >= 15 is 0 Å². The summed E-state index contributed by atoms with van der Waals surface area (Å²) in [7, 11) is 0. The maximum atomic E-state index is 13.2. The van der Waals surface area contributed by atoms with E-state index in [0.717, 1.165) is 17.3 Å². The Morgan fingerprint density at radius 2 is 2.14 bits per heavy atom. The Balaban J connectivity index is 2.05. The molecular formula is C10H9BrClFO. The molecule has 14 heavy (non-hydrogen) atoms. The standard InChI is InChI=1S/C10H9BrClFO/c11-6-1-2-9(13)10(3-6)14-8-4-7(12)5-8/h1-3,7-8H,4-5H2. The second-order valence-electron chi connectivity index (χ2n) is 3.38. The molecular weight excluding hydrogens is 270 g/mol. The van der Waals surface area contributed by atoms with Gasteiger partial charge in [-0.1, -0.05) is 15.9 Å². The molecule has 1 fully saturated rings. The minimum absolute atomic E-state index is 0.0706. The minimum atomic E-state index is -0.328. The molecule has 0 amide bonds. The van der Waals surface area contributed by atoms with Crippen molar-refractivity contribution in [1.82, 2.24) is 0 Å². The van der Waals surface area contributed by atoms with E-state index in [0.29, 0.717) is 5.75 Å². The highest BCUT2D eigenvalue weighted by atomic mass is 79.9. The molecule has 0 bridgehead atoms. The zero-order chi connectivity index (χ0) is 10.1. The summed E-state index contributed by atoms with van der Waals surface area (Å²) in [5.41, 5.74) is 0. The smallest absolute Gasteiger partial charge is 0.165 e. The third-order valence-electron chi connectivity index (χ3n) is 2.22. The lowest BCUT2D eigenvalue weighted by atomic mass is 9.95. The average Bonchev–Trinajstić information content (AvgIpc) is 2.09. The highest BCUT2D eigenvalue weighted by Gasteiger charge is 2.29. The van der Waals surface area contributed by atoms with Crippen LogP contribution in [0.15, 0.2) is 22.7 Å². The van der Waals surface area contributed by atoms with Gasteiger partial charge in [-0.25, -0.2) is 4.39 Å². The van der Waals surface area contributed by atoms with Gasteiger partial charge in [0.05, 0.1) is 0 Å². The molecule has 0 N–H and O–H groups in total. The molecule has 0 aliphatic heterocycles. The molecule has 1 nitrogen and oxygen atoms in total. The van der Waals surface area contributed by atoms with Gasteiger partial charge >= 0.3 is 0 Å². The molecule has 0 saturated heterocycles. The number of rotatable bonds is 2. The highest BCUT2D eigenvalue weighted by Crippen LogP contribution is 2.31. The van der Waals surface area contributed by atoms with Gasteiger partial charge in [0.2, 0.25) is 0 Å². The number of benzene rings is 1. The van der Waals surface area contributed by atoms with Crippen LogP contribution in [0.1, 0.15) is 12.8 Å². The van der Waals surface area contributed by atoms with Crippen LogP contribution in [-0.2, 0) is 0 Å². The molecule has 0 unspecified atom stereocenters. The molecule has 1 aromatic carbocycles.